The van der Waals surface area contributed by atoms with Crippen molar-refractivity contribution >= 4 is 11.6 Å². The molecule has 1 aromatic carbocycles. The Morgan fingerprint density at radius 1 is 1.25 bits per heavy atom. The van der Waals surface area contributed by atoms with Gasteiger partial charge in [0.05, 0.1) is 10.6 Å². The van der Waals surface area contributed by atoms with Crippen LogP contribution < -0.4 is 9.47 Å². The predicted molar refractivity (Wildman–Crippen MR) is 60.3 cm³/mol. The van der Waals surface area contributed by atoms with Crippen molar-refractivity contribution < 1.29 is 14.6 Å². The first-order chi connectivity index (χ1) is 7.62. The van der Waals surface area contributed by atoms with Gasteiger partial charge in [0.1, 0.15) is 13.2 Å². The summed E-state index contributed by atoms with van der Waals surface area (Å²) in [5.41, 5.74) is 1.13. The van der Waals surface area contributed by atoms with Gasteiger partial charge in [-0.2, -0.15) is 0 Å². The maximum absolute atomic E-state index is 10.2. The fourth-order valence-electron chi connectivity index (χ4n) is 2.17. The Labute approximate surface area is 98.9 Å². The highest BCUT2D eigenvalue weighted by atomic mass is 35.5. The molecule has 1 N–H and O–H groups in total. The van der Waals surface area contributed by atoms with Gasteiger partial charge < -0.3 is 14.6 Å². The van der Waals surface area contributed by atoms with Crippen LogP contribution in [0.2, 0.25) is 5.02 Å². The lowest BCUT2D eigenvalue weighted by atomic mass is 10.00. The highest BCUT2D eigenvalue weighted by Gasteiger charge is 2.44. The molecule has 16 heavy (non-hydrogen) atoms. The summed E-state index contributed by atoms with van der Waals surface area (Å²) in [5, 5.41) is 10.7. The Bertz CT molecular complexity index is 452. The Kier molecular flexibility index (Phi) is 2.10. The van der Waals surface area contributed by atoms with E-state index < -0.39 is 5.60 Å². The van der Waals surface area contributed by atoms with E-state index in [1.54, 1.807) is 6.07 Å². The molecule has 1 fully saturated rings. The van der Waals surface area contributed by atoms with E-state index in [0.29, 0.717) is 29.7 Å². The predicted octanol–water partition coefficient (Wildman–Crippen LogP) is 2.40. The van der Waals surface area contributed by atoms with Gasteiger partial charge in [-0.05, 0) is 31.4 Å². The smallest absolute Gasteiger partial charge is 0.180 e. The molecule has 1 saturated carbocycles. The van der Waals surface area contributed by atoms with Crippen LogP contribution in [0.25, 0.3) is 0 Å². The first-order valence-electron chi connectivity index (χ1n) is 5.43. The van der Waals surface area contributed by atoms with Crippen LogP contribution in [0.1, 0.15) is 24.0 Å². The average Bonchev–Trinajstić information content (AvgIpc) is 3.03. The molecule has 0 aromatic heterocycles. The second-order valence-electron chi connectivity index (χ2n) is 4.42. The standard InChI is InChI=1S/C12H13ClO3/c1-7-8(12(14)2-3-12)6-9(13)11-10(7)15-4-5-16-11/h6,14H,2-5H2,1H3. The average molecular weight is 241 g/mol. The second-order valence-corrected chi connectivity index (χ2v) is 4.82. The van der Waals surface area contributed by atoms with E-state index in [1.807, 2.05) is 6.92 Å². The van der Waals surface area contributed by atoms with Crippen LogP contribution in [-0.2, 0) is 5.60 Å². The molecule has 1 aliphatic carbocycles. The fraction of sp³-hybridized carbons (Fsp3) is 0.500. The number of aliphatic hydroxyl groups is 1. The molecule has 3 rings (SSSR count). The third kappa shape index (κ3) is 1.39. The van der Waals surface area contributed by atoms with Crippen LogP contribution >= 0.6 is 11.6 Å². The van der Waals surface area contributed by atoms with Gasteiger partial charge in [0.2, 0.25) is 0 Å². The molecule has 0 saturated heterocycles. The van der Waals surface area contributed by atoms with Crippen LogP contribution in [-0.4, -0.2) is 18.3 Å². The van der Waals surface area contributed by atoms with Gasteiger partial charge >= 0.3 is 0 Å². The SMILES string of the molecule is Cc1c(C2(O)CC2)cc(Cl)c2c1OCCO2. The molecular formula is C12H13ClO3. The first kappa shape index (κ1) is 10.2. The summed E-state index contributed by atoms with van der Waals surface area (Å²) >= 11 is 6.14. The number of rotatable bonds is 1. The molecule has 86 valence electrons. The lowest BCUT2D eigenvalue weighted by molar-refractivity contribution is 0.146. The van der Waals surface area contributed by atoms with E-state index >= 15 is 0 Å². The molecule has 1 aromatic rings. The van der Waals surface area contributed by atoms with Gasteiger partial charge in [0.25, 0.3) is 0 Å². The summed E-state index contributed by atoms with van der Waals surface area (Å²) in [5.74, 6) is 1.30. The van der Waals surface area contributed by atoms with Gasteiger partial charge in [0.15, 0.2) is 11.5 Å². The van der Waals surface area contributed by atoms with E-state index in [1.165, 1.54) is 0 Å². The van der Waals surface area contributed by atoms with Gasteiger partial charge in [0, 0.05) is 5.56 Å². The van der Waals surface area contributed by atoms with E-state index in [0.717, 1.165) is 24.0 Å². The van der Waals surface area contributed by atoms with Crippen molar-refractivity contribution in [1.29, 1.82) is 0 Å². The summed E-state index contributed by atoms with van der Waals surface area (Å²) in [6.45, 7) is 3.00. The Balaban J connectivity index is 2.18. The number of hydrogen-bond donors (Lipinski definition) is 1. The highest BCUT2D eigenvalue weighted by Crippen LogP contribution is 2.52. The minimum absolute atomic E-state index is 0.524. The van der Waals surface area contributed by atoms with Gasteiger partial charge in [-0.3, -0.25) is 0 Å². The number of hydrogen-bond acceptors (Lipinski definition) is 3. The molecule has 2 aliphatic rings. The topological polar surface area (TPSA) is 38.7 Å². The second kappa shape index (κ2) is 3.28. The van der Waals surface area contributed by atoms with Gasteiger partial charge in [-0.25, -0.2) is 0 Å². The minimum Gasteiger partial charge on any atom is -0.486 e. The number of halogens is 1. The number of fused-ring (bicyclic) bond motifs is 1. The zero-order valence-corrected chi connectivity index (χ0v) is 9.80. The zero-order chi connectivity index (χ0) is 11.3. The molecule has 0 spiro atoms. The molecule has 0 atom stereocenters. The van der Waals surface area contributed by atoms with E-state index in [2.05, 4.69) is 0 Å². The molecule has 0 radical (unpaired) electrons. The molecule has 3 nitrogen and oxygen atoms in total. The summed E-state index contributed by atoms with van der Waals surface area (Å²) in [6.07, 6.45) is 1.59. The van der Waals surface area contributed by atoms with Crippen molar-refractivity contribution in [2.45, 2.75) is 25.4 Å². The van der Waals surface area contributed by atoms with Crippen molar-refractivity contribution in [3.8, 4) is 11.5 Å². The summed E-state index contributed by atoms with van der Waals surface area (Å²) in [7, 11) is 0. The highest BCUT2D eigenvalue weighted by molar-refractivity contribution is 6.32. The summed E-state index contributed by atoms with van der Waals surface area (Å²) in [4.78, 5) is 0. The van der Waals surface area contributed by atoms with Crippen molar-refractivity contribution in [1.82, 2.24) is 0 Å². The van der Waals surface area contributed by atoms with Crippen molar-refractivity contribution in [3.05, 3.63) is 22.2 Å². The third-order valence-electron chi connectivity index (χ3n) is 3.24. The van der Waals surface area contributed by atoms with Crippen molar-refractivity contribution in [2.75, 3.05) is 13.2 Å². The third-order valence-corrected chi connectivity index (χ3v) is 3.52. The summed E-state index contributed by atoms with van der Waals surface area (Å²) in [6, 6.07) is 1.80. The van der Waals surface area contributed by atoms with Crippen LogP contribution in [0, 0.1) is 6.92 Å². The first-order valence-corrected chi connectivity index (χ1v) is 5.81. The van der Waals surface area contributed by atoms with E-state index in [4.69, 9.17) is 21.1 Å². The summed E-state index contributed by atoms with van der Waals surface area (Å²) < 4.78 is 11.1. The Morgan fingerprint density at radius 2 is 1.88 bits per heavy atom. The number of ether oxygens (including phenoxy) is 2. The lowest BCUT2D eigenvalue weighted by Gasteiger charge is -2.24. The molecule has 0 unspecified atom stereocenters. The van der Waals surface area contributed by atoms with Crippen molar-refractivity contribution in [3.63, 3.8) is 0 Å². The van der Waals surface area contributed by atoms with Crippen LogP contribution in [0.3, 0.4) is 0 Å². The Morgan fingerprint density at radius 3 is 2.50 bits per heavy atom. The molecule has 1 heterocycles. The van der Waals surface area contributed by atoms with Crippen LogP contribution in [0.4, 0.5) is 0 Å². The van der Waals surface area contributed by atoms with Crippen LogP contribution in [0.15, 0.2) is 6.07 Å². The van der Waals surface area contributed by atoms with E-state index in [-0.39, 0.29) is 0 Å². The minimum atomic E-state index is -0.691. The quantitative estimate of drug-likeness (QED) is 0.819. The maximum Gasteiger partial charge on any atom is 0.180 e. The zero-order valence-electron chi connectivity index (χ0n) is 9.05. The Hall–Kier alpha value is -0.930. The maximum atomic E-state index is 10.2. The van der Waals surface area contributed by atoms with Gasteiger partial charge in [-0.1, -0.05) is 11.6 Å². The molecule has 0 bridgehead atoms. The monoisotopic (exact) mass is 240 g/mol. The fourth-order valence-corrected chi connectivity index (χ4v) is 2.42. The van der Waals surface area contributed by atoms with Crippen LogP contribution in [0.5, 0.6) is 11.5 Å². The van der Waals surface area contributed by atoms with E-state index in [9.17, 15) is 5.11 Å². The molecule has 0 amide bonds. The molecular weight excluding hydrogens is 228 g/mol. The normalized spacial score (nSPS) is 20.7. The lowest BCUT2D eigenvalue weighted by Crippen LogP contribution is -2.18. The largest absolute Gasteiger partial charge is 0.486 e. The molecule has 1 aliphatic heterocycles. The molecule has 4 heteroatoms. The van der Waals surface area contributed by atoms with Gasteiger partial charge in [-0.15, -0.1) is 0 Å². The van der Waals surface area contributed by atoms with Crippen molar-refractivity contribution in [2.24, 2.45) is 0 Å². The number of benzene rings is 1.